The maximum atomic E-state index is 13.0. The van der Waals surface area contributed by atoms with Crippen LogP contribution in [0.15, 0.2) is 22.7 Å². The molecule has 1 rings (SSSR count). The average molecular weight is 303 g/mol. The Hall–Kier alpha value is -1.10. The third-order valence-corrected chi connectivity index (χ3v) is 3.09. The maximum Gasteiger partial charge on any atom is 0.241 e. The lowest BCUT2D eigenvalue weighted by molar-refractivity contribution is -0.128. The van der Waals surface area contributed by atoms with Crippen LogP contribution in [0.2, 0.25) is 0 Å². The molecule has 0 radical (unpaired) electrons. The minimum atomic E-state index is -0.314. The maximum absolute atomic E-state index is 13.0. The lowest BCUT2D eigenvalue weighted by atomic mass is 10.3. The molecule has 17 heavy (non-hydrogen) atoms. The van der Waals surface area contributed by atoms with Crippen LogP contribution in [-0.2, 0) is 4.79 Å². The lowest BCUT2D eigenvalue weighted by Crippen LogP contribution is -2.35. The summed E-state index contributed by atoms with van der Waals surface area (Å²) in [4.78, 5) is 13.4. The summed E-state index contributed by atoms with van der Waals surface area (Å²) in [6.07, 6.45) is 0. The second-order valence-electron chi connectivity index (χ2n) is 3.55. The van der Waals surface area contributed by atoms with Crippen molar-refractivity contribution in [2.24, 2.45) is 0 Å². The number of carbonyl (C=O) groups is 1. The fraction of sp³-hybridized carbons (Fsp3) is 0.417. The van der Waals surface area contributed by atoms with Crippen molar-refractivity contribution < 1.29 is 9.18 Å². The monoisotopic (exact) mass is 302 g/mol. The van der Waals surface area contributed by atoms with Crippen molar-refractivity contribution >= 4 is 27.5 Å². The average Bonchev–Trinajstić information content (AvgIpc) is 2.32. The molecule has 1 aromatic rings. The first-order valence-corrected chi connectivity index (χ1v) is 6.34. The highest BCUT2D eigenvalue weighted by Crippen LogP contribution is 2.19. The van der Waals surface area contributed by atoms with Crippen molar-refractivity contribution in [3.8, 4) is 0 Å². The van der Waals surface area contributed by atoms with E-state index in [1.165, 1.54) is 6.07 Å². The highest BCUT2D eigenvalue weighted by molar-refractivity contribution is 9.10. The first-order valence-electron chi connectivity index (χ1n) is 5.55. The zero-order chi connectivity index (χ0) is 12.8. The largest absolute Gasteiger partial charge is 0.376 e. The van der Waals surface area contributed by atoms with E-state index in [1.807, 2.05) is 13.8 Å². The standard InChI is InChI=1S/C12H16BrFN2O/c1-3-16(4-2)12(17)8-15-9-5-6-11(14)10(13)7-9/h5-7,15H,3-4,8H2,1-2H3. The van der Waals surface area contributed by atoms with Gasteiger partial charge in [0.05, 0.1) is 11.0 Å². The number of carbonyl (C=O) groups excluding carboxylic acids is 1. The number of hydrogen-bond donors (Lipinski definition) is 1. The van der Waals surface area contributed by atoms with Gasteiger partial charge in [0.25, 0.3) is 0 Å². The van der Waals surface area contributed by atoms with Gasteiger partial charge in [0.1, 0.15) is 5.82 Å². The van der Waals surface area contributed by atoms with E-state index in [4.69, 9.17) is 0 Å². The number of anilines is 1. The molecule has 0 aliphatic rings. The Balaban J connectivity index is 2.55. The molecule has 0 fully saturated rings. The van der Waals surface area contributed by atoms with Crippen molar-refractivity contribution in [1.82, 2.24) is 4.90 Å². The van der Waals surface area contributed by atoms with Gasteiger partial charge >= 0.3 is 0 Å². The smallest absolute Gasteiger partial charge is 0.241 e. The molecule has 0 spiro atoms. The van der Waals surface area contributed by atoms with Crippen molar-refractivity contribution in [1.29, 1.82) is 0 Å². The second-order valence-corrected chi connectivity index (χ2v) is 4.40. The summed E-state index contributed by atoms with van der Waals surface area (Å²) in [6.45, 7) is 5.50. The molecular formula is C12H16BrFN2O. The Kier molecular flexibility index (Phi) is 5.41. The summed E-state index contributed by atoms with van der Waals surface area (Å²) >= 11 is 3.10. The minimum absolute atomic E-state index is 0.0375. The number of nitrogens with zero attached hydrogens (tertiary/aromatic N) is 1. The zero-order valence-electron chi connectivity index (χ0n) is 9.96. The van der Waals surface area contributed by atoms with E-state index in [1.54, 1.807) is 17.0 Å². The highest BCUT2D eigenvalue weighted by Gasteiger charge is 2.09. The van der Waals surface area contributed by atoms with Crippen LogP contribution >= 0.6 is 15.9 Å². The van der Waals surface area contributed by atoms with Crippen LogP contribution in [0.5, 0.6) is 0 Å². The van der Waals surface area contributed by atoms with Gasteiger partial charge in [-0.1, -0.05) is 0 Å². The predicted molar refractivity (Wildman–Crippen MR) is 70.5 cm³/mol. The molecule has 0 aromatic heterocycles. The Labute approximate surface area is 109 Å². The molecule has 1 N–H and O–H groups in total. The van der Waals surface area contributed by atoms with Gasteiger partial charge in [0, 0.05) is 18.8 Å². The summed E-state index contributed by atoms with van der Waals surface area (Å²) in [5.41, 5.74) is 0.721. The molecule has 0 saturated carbocycles. The third kappa shape index (κ3) is 4.00. The van der Waals surface area contributed by atoms with Crippen molar-refractivity contribution in [3.05, 3.63) is 28.5 Å². The van der Waals surface area contributed by atoms with Gasteiger partial charge < -0.3 is 10.2 Å². The van der Waals surface area contributed by atoms with Crippen molar-refractivity contribution in [2.75, 3.05) is 25.0 Å². The number of benzene rings is 1. The zero-order valence-corrected chi connectivity index (χ0v) is 11.6. The Bertz CT molecular complexity index is 394. The molecule has 94 valence electrons. The number of amides is 1. The first kappa shape index (κ1) is 14.0. The van der Waals surface area contributed by atoms with Crippen molar-refractivity contribution in [2.45, 2.75) is 13.8 Å². The Morgan fingerprint density at radius 1 is 1.41 bits per heavy atom. The molecule has 0 aliphatic heterocycles. The van der Waals surface area contributed by atoms with E-state index in [0.717, 1.165) is 5.69 Å². The summed E-state index contributed by atoms with van der Waals surface area (Å²) in [7, 11) is 0. The van der Waals surface area contributed by atoms with E-state index in [2.05, 4.69) is 21.2 Å². The molecule has 1 aromatic carbocycles. The molecule has 0 saturated heterocycles. The molecule has 0 unspecified atom stereocenters. The topological polar surface area (TPSA) is 32.3 Å². The number of likely N-dealkylation sites (N-methyl/N-ethyl adjacent to an activating group) is 1. The SMILES string of the molecule is CCN(CC)C(=O)CNc1ccc(F)c(Br)c1. The third-order valence-electron chi connectivity index (χ3n) is 2.48. The summed E-state index contributed by atoms with van der Waals surface area (Å²) in [5, 5.41) is 2.97. The van der Waals surface area contributed by atoms with Crippen molar-refractivity contribution in [3.63, 3.8) is 0 Å². The molecule has 0 aliphatic carbocycles. The molecule has 5 heteroatoms. The van der Waals surface area contributed by atoms with E-state index >= 15 is 0 Å². The van der Waals surface area contributed by atoms with Crippen LogP contribution in [0, 0.1) is 5.82 Å². The molecule has 0 heterocycles. The molecule has 1 amide bonds. The van der Waals surface area contributed by atoms with Gasteiger partial charge in [-0.25, -0.2) is 4.39 Å². The van der Waals surface area contributed by atoms with Crippen LogP contribution in [0.4, 0.5) is 10.1 Å². The van der Waals surface area contributed by atoms with Gasteiger partial charge in [-0.15, -0.1) is 0 Å². The fourth-order valence-electron chi connectivity index (χ4n) is 1.47. The Morgan fingerprint density at radius 3 is 2.59 bits per heavy atom. The molecule has 0 bridgehead atoms. The van der Waals surface area contributed by atoms with Crippen LogP contribution in [0.3, 0.4) is 0 Å². The normalized spacial score (nSPS) is 10.1. The van der Waals surface area contributed by atoms with E-state index in [9.17, 15) is 9.18 Å². The van der Waals surface area contributed by atoms with Gasteiger partial charge in [-0.2, -0.15) is 0 Å². The highest BCUT2D eigenvalue weighted by atomic mass is 79.9. The molecule has 0 atom stereocenters. The number of nitrogens with one attached hydrogen (secondary N) is 1. The molecule has 3 nitrogen and oxygen atoms in total. The number of halogens is 2. The van der Waals surface area contributed by atoms with Crippen LogP contribution in [0.1, 0.15) is 13.8 Å². The van der Waals surface area contributed by atoms with E-state index < -0.39 is 0 Å². The molecular weight excluding hydrogens is 287 g/mol. The minimum Gasteiger partial charge on any atom is -0.376 e. The second kappa shape index (κ2) is 6.59. The predicted octanol–water partition coefficient (Wildman–Crippen LogP) is 2.87. The van der Waals surface area contributed by atoms with Crippen LogP contribution in [-0.4, -0.2) is 30.4 Å². The lowest BCUT2D eigenvalue weighted by Gasteiger charge is -2.19. The fourth-order valence-corrected chi connectivity index (χ4v) is 1.85. The quantitative estimate of drug-likeness (QED) is 0.907. The van der Waals surface area contributed by atoms with E-state index in [0.29, 0.717) is 17.6 Å². The van der Waals surface area contributed by atoms with Crippen LogP contribution < -0.4 is 5.32 Å². The van der Waals surface area contributed by atoms with Gasteiger partial charge in [-0.3, -0.25) is 4.79 Å². The summed E-state index contributed by atoms with van der Waals surface area (Å²) < 4.78 is 13.4. The van der Waals surface area contributed by atoms with Gasteiger partial charge in [-0.05, 0) is 48.0 Å². The van der Waals surface area contributed by atoms with E-state index in [-0.39, 0.29) is 18.3 Å². The number of hydrogen-bond acceptors (Lipinski definition) is 2. The number of rotatable bonds is 5. The van der Waals surface area contributed by atoms with Crippen LogP contribution in [0.25, 0.3) is 0 Å². The van der Waals surface area contributed by atoms with Gasteiger partial charge in [0.15, 0.2) is 0 Å². The Morgan fingerprint density at radius 2 is 2.06 bits per heavy atom. The van der Waals surface area contributed by atoms with Gasteiger partial charge in [0.2, 0.25) is 5.91 Å². The first-order chi connectivity index (χ1) is 8.08. The summed E-state index contributed by atoms with van der Waals surface area (Å²) in [6, 6.07) is 4.58. The summed E-state index contributed by atoms with van der Waals surface area (Å²) in [5.74, 6) is -0.277.